The van der Waals surface area contributed by atoms with Crippen molar-refractivity contribution >= 4 is 17.8 Å². The number of benzene rings is 2. The minimum absolute atomic E-state index is 0.0219. The molecule has 1 N–H and O–H groups in total. The summed E-state index contributed by atoms with van der Waals surface area (Å²) in [7, 11) is 1.28. The highest BCUT2D eigenvalue weighted by molar-refractivity contribution is 6.15. The molecule has 6 heteroatoms. The predicted molar refractivity (Wildman–Crippen MR) is 90.0 cm³/mol. The third-order valence-electron chi connectivity index (χ3n) is 3.67. The Morgan fingerprint density at radius 2 is 2.04 bits per heavy atom. The van der Waals surface area contributed by atoms with E-state index in [9.17, 15) is 14.7 Å². The number of phenols is 1. The first-order chi connectivity index (χ1) is 12.0. The Balaban J connectivity index is 1.92. The number of rotatable bonds is 4. The molecule has 1 aliphatic rings. The molecule has 0 atom stereocenters. The first-order valence-corrected chi connectivity index (χ1v) is 7.66. The molecule has 0 saturated heterocycles. The summed E-state index contributed by atoms with van der Waals surface area (Å²) in [5, 5.41) is 9.74. The summed E-state index contributed by atoms with van der Waals surface area (Å²) >= 11 is 0. The molecule has 0 radical (unpaired) electrons. The van der Waals surface area contributed by atoms with Crippen LogP contribution in [0.3, 0.4) is 0 Å². The second kappa shape index (κ2) is 6.68. The Kier molecular flexibility index (Phi) is 4.43. The van der Waals surface area contributed by atoms with Crippen molar-refractivity contribution in [1.29, 1.82) is 0 Å². The van der Waals surface area contributed by atoms with Crippen LogP contribution in [0.4, 0.5) is 0 Å². The van der Waals surface area contributed by atoms with Crippen LogP contribution >= 0.6 is 0 Å². The molecule has 0 spiro atoms. The molecule has 128 valence electrons. The van der Waals surface area contributed by atoms with E-state index in [-0.39, 0.29) is 22.9 Å². The van der Waals surface area contributed by atoms with Gasteiger partial charge in [0, 0.05) is 0 Å². The van der Waals surface area contributed by atoms with Gasteiger partial charge in [-0.15, -0.1) is 0 Å². The van der Waals surface area contributed by atoms with Crippen LogP contribution in [0.1, 0.15) is 33.2 Å². The van der Waals surface area contributed by atoms with E-state index in [1.54, 1.807) is 24.3 Å². The Morgan fingerprint density at radius 3 is 2.76 bits per heavy atom. The molecule has 1 heterocycles. The minimum atomic E-state index is -0.520. The van der Waals surface area contributed by atoms with E-state index in [4.69, 9.17) is 9.47 Å². The lowest BCUT2D eigenvalue weighted by molar-refractivity contribution is 0.0600. The summed E-state index contributed by atoms with van der Waals surface area (Å²) in [4.78, 5) is 24.1. The first kappa shape index (κ1) is 16.6. The van der Waals surface area contributed by atoms with Gasteiger partial charge < -0.3 is 19.3 Å². The summed E-state index contributed by atoms with van der Waals surface area (Å²) in [5.41, 5.74) is 1.23. The zero-order valence-corrected chi connectivity index (χ0v) is 13.7. The number of hydrogen-bond acceptors (Lipinski definition) is 6. The molecule has 0 unspecified atom stereocenters. The molecule has 0 fully saturated rings. The minimum Gasteiger partial charge on any atom is -0.504 e. The SMILES string of the molecule is CCOc1cc(/C=C2\Oc3ccc(C(=O)OC)cc3C2=O)ccc1O. The van der Waals surface area contributed by atoms with Crippen molar-refractivity contribution in [3.8, 4) is 17.2 Å². The molecule has 3 rings (SSSR count). The van der Waals surface area contributed by atoms with Gasteiger partial charge in [0.05, 0.1) is 24.8 Å². The Bertz CT molecular complexity index is 881. The number of Topliss-reactive ketones (excluding diaryl/α,β-unsaturated/α-hetero) is 1. The van der Waals surface area contributed by atoms with Gasteiger partial charge >= 0.3 is 5.97 Å². The van der Waals surface area contributed by atoms with Crippen molar-refractivity contribution < 1.29 is 28.9 Å². The Labute approximate surface area is 144 Å². The smallest absolute Gasteiger partial charge is 0.337 e. The summed E-state index contributed by atoms with van der Waals surface area (Å²) in [5.74, 6) is 0.0130. The van der Waals surface area contributed by atoms with Crippen molar-refractivity contribution in [2.45, 2.75) is 6.92 Å². The van der Waals surface area contributed by atoms with Crippen molar-refractivity contribution in [2.75, 3.05) is 13.7 Å². The number of fused-ring (bicyclic) bond motifs is 1. The van der Waals surface area contributed by atoms with Crippen LogP contribution in [0.2, 0.25) is 0 Å². The van der Waals surface area contributed by atoms with E-state index >= 15 is 0 Å². The third kappa shape index (κ3) is 3.19. The monoisotopic (exact) mass is 340 g/mol. The Hall–Kier alpha value is -3.28. The number of allylic oxidation sites excluding steroid dienone is 1. The summed E-state index contributed by atoms with van der Waals surface area (Å²) < 4.78 is 15.6. The molecule has 0 saturated carbocycles. The fourth-order valence-corrected chi connectivity index (χ4v) is 2.48. The highest BCUT2D eigenvalue weighted by Crippen LogP contribution is 2.34. The largest absolute Gasteiger partial charge is 0.504 e. The lowest BCUT2D eigenvalue weighted by atomic mass is 10.1. The molecule has 6 nitrogen and oxygen atoms in total. The van der Waals surface area contributed by atoms with Crippen LogP contribution in [-0.2, 0) is 4.74 Å². The second-order valence-corrected chi connectivity index (χ2v) is 5.30. The van der Waals surface area contributed by atoms with Crippen molar-refractivity contribution in [3.05, 3.63) is 58.8 Å². The number of ether oxygens (including phenoxy) is 3. The molecule has 2 aromatic carbocycles. The predicted octanol–water partition coefficient (Wildman–Crippen LogP) is 3.19. The van der Waals surface area contributed by atoms with E-state index in [2.05, 4.69) is 4.74 Å². The lowest BCUT2D eigenvalue weighted by Crippen LogP contribution is -2.03. The van der Waals surface area contributed by atoms with E-state index < -0.39 is 5.97 Å². The molecule has 0 aromatic heterocycles. The number of phenolic OH excluding ortho intramolecular Hbond substituents is 1. The summed E-state index contributed by atoms with van der Waals surface area (Å²) in [6.45, 7) is 2.22. The lowest BCUT2D eigenvalue weighted by Gasteiger charge is -2.06. The van der Waals surface area contributed by atoms with Gasteiger partial charge in [0.15, 0.2) is 17.3 Å². The number of carbonyl (C=O) groups excluding carboxylic acids is 2. The molecule has 0 aliphatic carbocycles. The molecular formula is C19H16O6. The maximum absolute atomic E-state index is 12.5. The van der Waals surface area contributed by atoms with E-state index in [1.807, 2.05) is 6.92 Å². The zero-order chi connectivity index (χ0) is 18.0. The van der Waals surface area contributed by atoms with Crippen LogP contribution < -0.4 is 9.47 Å². The number of hydrogen-bond donors (Lipinski definition) is 1. The van der Waals surface area contributed by atoms with Gasteiger partial charge in [0.25, 0.3) is 0 Å². The van der Waals surface area contributed by atoms with Crippen LogP contribution in [-0.4, -0.2) is 30.6 Å². The number of esters is 1. The van der Waals surface area contributed by atoms with Gasteiger partial charge in [-0.2, -0.15) is 0 Å². The van der Waals surface area contributed by atoms with Gasteiger partial charge in [0.1, 0.15) is 5.75 Å². The molecule has 25 heavy (non-hydrogen) atoms. The zero-order valence-electron chi connectivity index (χ0n) is 13.7. The molecule has 0 amide bonds. The van der Waals surface area contributed by atoms with Crippen LogP contribution in [0.25, 0.3) is 6.08 Å². The fraction of sp³-hybridized carbons (Fsp3) is 0.158. The Morgan fingerprint density at radius 1 is 1.24 bits per heavy atom. The van der Waals surface area contributed by atoms with Gasteiger partial charge in [0.2, 0.25) is 5.78 Å². The topological polar surface area (TPSA) is 82.1 Å². The molecule has 0 bridgehead atoms. The highest BCUT2D eigenvalue weighted by Gasteiger charge is 2.28. The quantitative estimate of drug-likeness (QED) is 0.680. The standard InChI is InChI=1S/C19H16O6/c1-3-24-16-8-11(4-6-14(16)20)9-17-18(21)13-10-12(19(22)23-2)5-7-15(13)25-17/h4-10,20H,3H2,1-2H3/b17-9-. The molecule has 2 aromatic rings. The number of carbonyl (C=O) groups is 2. The van der Waals surface area contributed by atoms with E-state index in [0.717, 1.165) is 0 Å². The summed E-state index contributed by atoms with van der Waals surface area (Å²) in [6, 6.07) is 9.29. The van der Waals surface area contributed by atoms with Crippen molar-refractivity contribution in [3.63, 3.8) is 0 Å². The van der Waals surface area contributed by atoms with Crippen LogP contribution in [0.15, 0.2) is 42.2 Å². The van der Waals surface area contributed by atoms with Crippen LogP contribution in [0.5, 0.6) is 17.2 Å². The van der Waals surface area contributed by atoms with Gasteiger partial charge in [-0.1, -0.05) is 6.07 Å². The van der Waals surface area contributed by atoms with E-state index in [0.29, 0.717) is 29.2 Å². The highest BCUT2D eigenvalue weighted by atomic mass is 16.5. The number of methoxy groups -OCH3 is 1. The van der Waals surface area contributed by atoms with Crippen molar-refractivity contribution in [1.82, 2.24) is 0 Å². The van der Waals surface area contributed by atoms with Crippen LogP contribution in [0, 0.1) is 0 Å². The normalized spacial score (nSPS) is 14.2. The average molecular weight is 340 g/mol. The van der Waals surface area contributed by atoms with E-state index in [1.165, 1.54) is 25.3 Å². The van der Waals surface area contributed by atoms with Gasteiger partial charge in [-0.3, -0.25) is 4.79 Å². The molecular weight excluding hydrogens is 324 g/mol. The molecule has 1 aliphatic heterocycles. The van der Waals surface area contributed by atoms with Crippen molar-refractivity contribution in [2.24, 2.45) is 0 Å². The number of ketones is 1. The fourth-order valence-electron chi connectivity index (χ4n) is 2.48. The number of aromatic hydroxyl groups is 1. The van der Waals surface area contributed by atoms with Gasteiger partial charge in [-0.05, 0) is 48.9 Å². The second-order valence-electron chi connectivity index (χ2n) is 5.30. The maximum Gasteiger partial charge on any atom is 0.337 e. The third-order valence-corrected chi connectivity index (χ3v) is 3.67. The average Bonchev–Trinajstić information content (AvgIpc) is 2.92. The first-order valence-electron chi connectivity index (χ1n) is 7.66. The van der Waals surface area contributed by atoms with Gasteiger partial charge in [-0.25, -0.2) is 4.79 Å². The maximum atomic E-state index is 12.5. The summed E-state index contributed by atoms with van der Waals surface area (Å²) in [6.07, 6.45) is 1.56.